The van der Waals surface area contributed by atoms with E-state index in [1.165, 1.54) is 12.1 Å². The second kappa shape index (κ2) is 9.00. The van der Waals surface area contributed by atoms with Crippen LogP contribution in [0.25, 0.3) is 0 Å². The first-order valence-corrected chi connectivity index (χ1v) is 9.42. The van der Waals surface area contributed by atoms with Gasteiger partial charge in [0, 0.05) is 17.1 Å². The average Bonchev–Trinajstić information content (AvgIpc) is 2.67. The third-order valence-corrected chi connectivity index (χ3v) is 4.91. The highest BCUT2D eigenvalue weighted by molar-refractivity contribution is 6.33. The Balaban J connectivity index is 1.77. The zero-order valence-corrected chi connectivity index (χ0v) is 16.7. The number of benzene rings is 3. The Labute approximate surface area is 173 Å². The molecule has 0 spiro atoms. The van der Waals surface area contributed by atoms with Gasteiger partial charge in [-0.15, -0.1) is 0 Å². The number of nitrogens with one attached hydrogen (secondary N) is 1. The predicted octanol–water partition coefficient (Wildman–Crippen LogP) is 6.19. The molecule has 0 radical (unpaired) electrons. The van der Waals surface area contributed by atoms with E-state index in [0.717, 1.165) is 16.7 Å². The lowest BCUT2D eigenvalue weighted by Gasteiger charge is -2.15. The number of anilines is 1. The van der Waals surface area contributed by atoms with Crippen molar-refractivity contribution < 1.29 is 14.6 Å². The van der Waals surface area contributed by atoms with Crippen molar-refractivity contribution in [3.8, 4) is 5.75 Å². The van der Waals surface area contributed by atoms with Crippen molar-refractivity contribution in [3.05, 3.63) is 93.0 Å². The first kappa shape index (κ1) is 20.1. The summed E-state index contributed by atoms with van der Waals surface area (Å²) in [5, 5.41) is 13.4. The number of rotatable bonds is 7. The van der Waals surface area contributed by atoms with Crippen molar-refractivity contribution in [3.63, 3.8) is 0 Å². The minimum Gasteiger partial charge on any atom is -0.489 e. The summed E-state index contributed by atoms with van der Waals surface area (Å²) in [4.78, 5) is 11.2. The second-order valence-corrected chi connectivity index (χ2v) is 7.16. The van der Waals surface area contributed by atoms with Crippen molar-refractivity contribution in [2.45, 2.75) is 20.1 Å². The van der Waals surface area contributed by atoms with Gasteiger partial charge in [-0.3, -0.25) is 0 Å². The van der Waals surface area contributed by atoms with Crippen molar-refractivity contribution in [2.75, 3.05) is 5.32 Å². The van der Waals surface area contributed by atoms with E-state index in [1.807, 2.05) is 43.3 Å². The fraction of sp³-hybridized carbons (Fsp3) is 0.136. The number of carboxylic acid groups (broad SMARTS) is 1. The number of ether oxygens (including phenoxy) is 1. The lowest BCUT2D eigenvalue weighted by atomic mass is 10.1. The molecule has 0 aliphatic carbocycles. The molecule has 3 aromatic carbocycles. The Hall–Kier alpha value is -2.69. The first-order chi connectivity index (χ1) is 13.4. The van der Waals surface area contributed by atoms with Gasteiger partial charge < -0.3 is 15.2 Å². The van der Waals surface area contributed by atoms with Gasteiger partial charge in [0.25, 0.3) is 0 Å². The number of aromatic carboxylic acids is 1. The van der Waals surface area contributed by atoms with Gasteiger partial charge >= 0.3 is 5.97 Å². The number of hydrogen-bond donors (Lipinski definition) is 2. The predicted molar refractivity (Wildman–Crippen MR) is 113 cm³/mol. The molecule has 0 aliphatic heterocycles. The van der Waals surface area contributed by atoms with Crippen LogP contribution in [-0.4, -0.2) is 11.1 Å². The number of hydrogen-bond acceptors (Lipinski definition) is 3. The second-order valence-electron chi connectivity index (χ2n) is 6.32. The molecule has 3 rings (SSSR count). The molecule has 0 bridgehead atoms. The largest absolute Gasteiger partial charge is 0.489 e. The number of aryl methyl sites for hydroxylation is 1. The maximum atomic E-state index is 11.2. The summed E-state index contributed by atoms with van der Waals surface area (Å²) in [5.74, 6) is -0.310. The highest BCUT2D eigenvalue weighted by Gasteiger charge is 2.10. The van der Waals surface area contributed by atoms with Gasteiger partial charge in [0.1, 0.15) is 12.4 Å². The van der Waals surface area contributed by atoms with Crippen molar-refractivity contribution >= 4 is 34.9 Å². The molecule has 0 saturated carbocycles. The molecule has 28 heavy (non-hydrogen) atoms. The van der Waals surface area contributed by atoms with E-state index in [1.54, 1.807) is 12.1 Å². The molecular formula is C22H19Cl2NO3. The molecule has 3 aromatic rings. The van der Waals surface area contributed by atoms with Crippen molar-refractivity contribution in [1.29, 1.82) is 0 Å². The van der Waals surface area contributed by atoms with Crippen molar-refractivity contribution in [2.24, 2.45) is 0 Å². The standard InChI is InChI=1S/C22H19Cl2NO3/c1-14-4-2-3-5-16(14)13-28-21-9-7-18(23)10-17(21)12-25-20-11-15(22(26)27)6-8-19(20)24/h2-11,25H,12-13H2,1H3,(H,26,27). The van der Waals surface area contributed by atoms with Crippen LogP contribution in [0, 0.1) is 6.92 Å². The Morgan fingerprint density at radius 2 is 1.82 bits per heavy atom. The molecule has 0 heterocycles. The summed E-state index contributed by atoms with van der Waals surface area (Å²) in [6.07, 6.45) is 0. The van der Waals surface area contributed by atoms with Crippen LogP contribution in [-0.2, 0) is 13.2 Å². The minimum atomic E-state index is -1.01. The highest BCUT2D eigenvalue weighted by Crippen LogP contribution is 2.28. The molecule has 0 unspecified atom stereocenters. The summed E-state index contributed by atoms with van der Waals surface area (Å²) in [7, 11) is 0. The minimum absolute atomic E-state index is 0.161. The highest BCUT2D eigenvalue weighted by atomic mass is 35.5. The van der Waals surface area contributed by atoms with Crippen LogP contribution in [0.4, 0.5) is 5.69 Å². The lowest BCUT2D eigenvalue weighted by Crippen LogP contribution is -2.06. The third-order valence-electron chi connectivity index (χ3n) is 4.35. The summed E-state index contributed by atoms with van der Waals surface area (Å²) < 4.78 is 6.01. The van der Waals surface area contributed by atoms with Crippen LogP contribution in [0.1, 0.15) is 27.0 Å². The fourth-order valence-corrected chi connectivity index (χ4v) is 3.12. The molecule has 0 aromatic heterocycles. The van der Waals surface area contributed by atoms with E-state index < -0.39 is 5.97 Å². The molecule has 144 valence electrons. The van der Waals surface area contributed by atoms with E-state index in [-0.39, 0.29) is 5.56 Å². The quantitative estimate of drug-likeness (QED) is 0.482. The van der Waals surface area contributed by atoms with Gasteiger partial charge in [-0.25, -0.2) is 4.79 Å². The molecule has 6 heteroatoms. The third kappa shape index (κ3) is 4.97. The van der Waals surface area contributed by atoms with Crippen LogP contribution in [0.15, 0.2) is 60.7 Å². The van der Waals surface area contributed by atoms with Gasteiger partial charge in [0.15, 0.2) is 0 Å². The molecule has 0 amide bonds. The molecule has 2 N–H and O–H groups in total. The lowest BCUT2D eigenvalue weighted by molar-refractivity contribution is 0.0697. The van der Waals surface area contributed by atoms with E-state index >= 15 is 0 Å². The maximum absolute atomic E-state index is 11.2. The Morgan fingerprint density at radius 3 is 2.57 bits per heavy atom. The van der Waals surface area contributed by atoms with Crippen LogP contribution in [0.2, 0.25) is 10.0 Å². The van der Waals surface area contributed by atoms with Gasteiger partial charge in [-0.2, -0.15) is 0 Å². The molecule has 0 aliphatic rings. The van der Waals surface area contributed by atoms with E-state index in [4.69, 9.17) is 33.0 Å². The molecule has 0 atom stereocenters. The van der Waals surface area contributed by atoms with Gasteiger partial charge in [0.05, 0.1) is 16.3 Å². The number of carbonyl (C=O) groups is 1. The van der Waals surface area contributed by atoms with E-state index in [2.05, 4.69) is 5.32 Å². The van der Waals surface area contributed by atoms with Crippen LogP contribution in [0.5, 0.6) is 5.75 Å². The van der Waals surface area contributed by atoms with Gasteiger partial charge in [-0.05, 0) is 54.4 Å². The fourth-order valence-electron chi connectivity index (χ4n) is 2.74. The summed E-state index contributed by atoms with van der Waals surface area (Å²) >= 11 is 12.3. The van der Waals surface area contributed by atoms with Gasteiger partial charge in [-0.1, -0.05) is 47.5 Å². The monoisotopic (exact) mass is 415 g/mol. The van der Waals surface area contributed by atoms with Crippen LogP contribution < -0.4 is 10.1 Å². The average molecular weight is 416 g/mol. The summed E-state index contributed by atoms with van der Waals surface area (Å²) in [6, 6.07) is 18.0. The van der Waals surface area contributed by atoms with E-state index in [0.29, 0.717) is 34.6 Å². The summed E-state index contributed by atoms with van der Waals surface area (Å²) in [5.41, 5.74) is 3.81. The van der Waals surface area contributed by atoms with Crippen molar-refractivity contribution in [1.82, 2.24) is 0 Å². The Morgan fingerprint density at radius 1 is 1.04 bits per heavy atom. The first-order valence-electron chi connectivity index (χ1n) is 8.66. The number of halogens is 2. The Bertz CT molecular complexity index is 1000. The molecule has 0 saturated heterocycles. The zero-order valence-electron chi connectivity index (χ0n) is 15.2. The molecule has 4 nitrogen and oxygen atoms in total. The normalized spacial score (nSPS) is 10.5. The molecular weight excluding hydrogens is 397 g/mol. The SMILES string of the molecule is Cc1ccccc1COc1ccc(Cl)cc1CNc1cc(C(=O)O)ccc1Cl. The smallest absolute Gasteiger partial charge is 0.335 e. The van der Waals surface area contributed by atoms with E-state index in [9.17, 15) is 4.79 Å². The molecule has 0 fully saturated rings. The van der Waals surface area contributed by atoms with Gasteiger partial charge in [0.2, 0.25) is 0 Å². The number of carboxylic acids is 1. The van der Waals surface area contributed by atoms with Crippen LogP contribution in [0.3, 0.4) is 0 Å². The van der Waals surface area contributed by atoms with Crippen LogP contribution >= 0.6 is 23.2 Å². The Kier molecular flexibility index (Phi) is 6.45. The summed E-state index contributed by atoms with van der Waals surface area (Å²) in [6.45, 7) is 2.86. The zero-order chi connectivity index (χ0) is 20.1. The maximum Gasteiger partial charge on any atom is 0.335 e. The topological polar surface area (TPSA) is 58.6 Å².